The minimum atomic E-state index is -4.69. The molecule has 2 heterocycles. The summed E-state index contributed by atoms with van der Waals surface area (Å²) >= 11 is 3.04. The first-order chi connectivity index (χ1) is 13.2. The number of hydrogen-bond acceptors (Lipinski definition) is 6. The zero-order chi connectivity index (χ0) is 22.1. The highest BCUT2D eigenvalue weighted by Gasteiger charge is 2.40. The standard InChI is InChI=1S/C17H21BrF3N3O5/c1-16(2,3)29-15(27)23-5-6-24(11(8-23)14(25)26)12-10(18)7-9(17(19,20)21)13(22-12)28-4/h7,11H,5-6,8H2,1-4H3,(H,25,26). The maximum absolute atomic E-state index is 13.2. The fraction of sp³-hybridized carbons (Fsp3) is 0.588. The minimum absolute atomic E-state index is 0.0221. The van der Waals surface area contributed by atoms with Gasteiger partial charge in [-0.1, -0.05) is 0 Å². The van der Waals surface area contributed by atoms with E-state index in [1.165, 1.54) is 9.80 Å². The van der Waals surface area contributed by atoms with Crippen molar-refractivity contribution >= 4 is 33.8 Å². The van der Waals surface area contributed by atoms with Crippen molar-refractivity contribution in [2.24, 2.45) is 0 Å². The summed E-state index contributed by atoms with van der Waals surface area (Å²) in [6, 6.07) is -0.443. The van der Waals surface area contributed by atoms with Crippen LogP contribution in [0.4, 0.5) is 23.8 Å². The van der Waals surface area contributed by atoms with Crippen LogP contribution in [-0.2, 0) is 15.7 Å². The van der Waals surface area contributed by atoms with E-state index in [1.54, 1.807) is 20.8 Å². The van der Waals surface area contributed by atoms with Gasteiger partial charge in [0.1, 0.15) is 23.0 Å². The third kappa shape index (κ3) is 5.43. The summed E-state index contributed by atoms with van der Waals surface area (Å²) in [7, 11) is 1.05. The predicted molar refractivity (Wildman–Crippen MR) is 100 cm³/mol. The van der Waals surface area contributed by atoms with Gasteiger partial charge in [0.15, 0.2) is 0 Å². The lowest BCUT2D eigenvalue weighted by atomic mass is 10.1. The van der Waals surface area contributed by atoms with E-state index in [0.29, 0.717) is 0 Å². The van der Waals surface area contributed by atoms with E-state index in [9.17, 15) is 27.9 Å². The molecule has 1 fully saturated rings. The molecule has 0 spiro atoms. The van der Waals surface area contributed by atoms with Crippen molar-refractivity contribution in [3.63, 3.8) is 0 Å². The molecule has 1 aliphatic rings. The summed E-state index contributed by atoms with van der Waals surface area (Å²) in [4.78, 5) is 30.5. The maximum atomic E-state index is 13.2. The molecule has 0 aliphatic carbocycles. The highest BCUT2D eigenvalue weighted by atomic mass is 79.9. The quantitative estimate of drug-likeness (QED) is 0.704. The van der Waals surface area contributed by atoms with Crippen molar-refractivity contribution in [3.05, 3.63) is 16.1 Å². The molecular weight excluding hydrogens is 463 g/mol. The molecule has 8 nitrogen and oxygen atoms in total. The van der Waals surface area contributed by atoms with E-state index in [2.05, 4.69) is 20.9 Å². The summed E-state index contributed by atoms with van der Waals surface area (Å²) in [5, 5.41) is 9.63. The van der Waals surface area contributed by atoms with Crippen molar-refractivity contribution < 1.29 is 37.3 Å². The van der Waals surface area contributed by atoms with Gasteiger partial charge in [0, 0.05) is 13.1 Å². The number of carbonyl (C=O) groups is 2. The van der Waals surface area contributed by atoms with Crippen LogP contribution in [-0.4, -0.2) is 65.4 Å². The van der Waals surface area contributed by atoms with Gasteiger partial charge in [0.25, 0.3) is 0 Å². The predicted octanol–water partition coefficient (Wildman–Crippen LogP) is 3.38. The fourth-order valence-corrected chi connectivity index (χ4v) is 3.31. The number of pyridine rings is 1. The molecule has 162 valence electrons. The second-order valence-corrected chi connectivity index (χ2v) is 8.18. The first-order valence-electron chi connectivity index (χ1n) is 8.53. The third-order valence-corrected chi connectivity index (χ3v) is 4.59. The summed E-state index contributed by atoms with van der Waals surface area (Å²) in [5.74, 6) is -1.95. The van der Waals surface area contributed by atoms with Crippen LogP contribution in [0.15, 0.2) is 10.5 Å². The second-order valence-electron chi connectivity index (χ2n) is 7.32. The Balaban J connectivity index is 2.35. The van der Waals surface area contributed by atoms with Gasteiger partial charge < -0.3 is 24.4 Å². The van der Waals surface area contributed by atoms with Crippen LogP contribution in [0, 0.1) is 0 Å². The lowest BCUT2D eigenvalue weighted by molar-refractivity contribution is -0.140. The van der Waals surface area contributed by atoms with Crippen LogP contribution in [0.3, 0.4) is 0 Å². The Morgan fingerprint density at radius 1 is 1.28 bits per heavy atom. The van der Waals surface area contributed by atoms with Gasteiger partial charge in [-0.05, 0) is 42.8 Å². The number of nitrogens with zero attached hydrogens (tertiary/aromatic N) is 3. The lowest BCUT2D eigenvalue weighted by Gasteiger charge is -2.40. The smallest absolute Gasteiger partial charge is 0.421 e. The van der Waals surface area contributed by atoms with Crippen LogP contribution >= 0.6 is 15.9 Å². The van der Waals surface area contributed by atoms with Gasteiger partial charge in [-0.3, -0.25) is 0 Å². The Morgan fingerprint density at radius 2 is 1.90 bits per heavy atom. The summed E-state index contributed by atoms with van der Waals surface area (Å²) in [6.07, 6.45) is -5.36. The van der Waals surface area contributed by atoms with Gasteiger partial charge in [-0.2, -0.15) is 18.2 Å². The molecule has 1 unspecified atom stereocenters. The largest absolute Gasteiger partial charge is 0.481 e. The van der Waals surface area contributed by atoms with Crippen molar-refractivity contribution in [2.75, 3.05) is 31.6 Å². The SMILES string of the molecule is COc1nc(N2CCN(C(=O)OC(C)(C)C)CC2C(=O)O)c(Br)cc1C(F)(F)F. The summed E-state index contributed by atoms with van der Waals surface area (Å²) < 4.78 is 49.5. The zero-order valence-corrected chi connectivity index (χ0v) is 17.8. The molecule has 2 rings (SSSR count). The Labute approximate surface area is 173 Å². The molecule has 1 aromatic rings. The maximum Gasteiger partial charge on any atom is 0.421 e. The molecule has 29 heavy (non-hydrogen) atoms. The molecule has 0 bridgehead atoms. The summed E-state index contributed by atoms with van der Waals surface area (Å²) in [5.41, 5.74) is -1.84. The molecule has 1 aromatic heterocycles. The molecule has 0 radical (unpaired) electrons. The number of anilines is 1. The topological polar surface area (TPSA) is 92.2 Å². The van der Waals surface area contributed by atoms with Crippen LogP contribution in [0.1, 0.15) is 26.3 Å². The number of halogens is 4. The normalized spacial score (nSPS) is 17.9. The molecule has 1 saturated heterocycles. The molecule has 1 atom stereocenters. The van der Waals surface area contributed by atoms with Crippen LogP contribution in [0.5, 0.6) is 5.88 Å². The summed E-state index contributed by atoms with van der Waals surface area (Å²) in [6.45, 7) is 4.97. The number of methoxy groups -OCH3 is 1. The fourth-order valence-electron chi connectivity index (χ4n) is 2.76. The number of rotatable bonds is 3. The van der Waals surface area contributed by atoms with Crippen molar-refractivity contribution in [2.45, 2.75) is 38.6 Å². The zero-order valence-electron chi connectivity index (χ0n) is 16.2. The van der Waals surface area contributed by atoms with E-state index in [1.807, 2.05) is 0 Å². The molecule has 1 amide bonds. The molecule has 12 heteroatoms. The number of alkyl halides is 3. The molecule has 1 aliphatic heterocycles. The van der Waals surface area contributed by atoms with E-state index in [4.69, 9.17) is 9.47 Å². The van der Waals surface area contributed by atoms with E-state index in [0.717, 1.165) is 13.2 Å². The number of hydrogen-bond donors (Lipinski definition) is 1. The molecular formula is C17H21BrF3N3O5. The van der Waals surface area contributed by atoms with Crippen molar-refractivity contribution in [3.8, 4) is 5.88 Å². The number of amides is 1. The minimum Gasteiger partial charge on any atom is -0.481 e. The number of ether oxygens (including phenoxy) is 2. The van der Waals surface area contributed by atoms with Crippen molar-refractivity contribution in [1.29, 1.82) is 0 Å². The highest BCUT2D eigenvalue weighted by Crippen LogP contribution is 2.40. The van der Waals surface area contributed by atoms with Crippen molar-refractivity contribution in [1.82, 2.24) is 9.88 Å². The number of carboxylic acid groups (broad SMARTS) is 1. The Kier molecular flexibility index (Phi) is 6.55. The van der Waals surface area contributed by atoms with Crippen LogP contribution < -0.4 is 9.64 Å². The Bertz CT molecular complexity index is 798. The average molecular weight is 484 g/mol. The number of carboxylic acids is 1. The average Bonchev–Trinajstić information content (AvgIpc) is 2.58. The molecule has 0 saturated carbocycles. The number of aromatic nitrogens is 1. The number of aliphatic carboxylic acids is 1. The molecule has 1 N–H and O–H groups in total. The highest BCUT2D eigenvalue weighted by molar-refractivity contribution is 9.10. The van der Waals surface area contributed by atoms with Gasteiger partial charge >= 0.3 is 18.2 Å². The number of carbonyl (C=O) groups excluding carboxylic acids is 1. The molecule has 0 aromatic carbocycles. The Hall–Kier alpha value is -2.24. The van der Waals surface area contributed by atoms with Gasteiger partial charge in [-0.15, -0.1) is 0 Å². The van der Waals surface area contributed by atoms with Gasteiger partial charge in [0.05, 0.1) is 18.1 Å². The second kappa shape index (κ2) is 8.25. The Morgan fingerprint density at radius 3 is 2.38 bits per heavy atom. The van der Waals surface area contributed by atoms with Gasteiger partial charge in [-0.25, -0.2) is 9.59 Å². The van der Waals surface area contributed by atoms with Crippen LogP contribution in [0.2, 0.25) is 0 Å². The van der Waals surface area contributed by atoms with Crippen LogP contribution in [0.25, 0.3) is 0 Å². The van der Waals surface area contributed by atoms with E-state index in [-0.39, 0.29) is 29.9 Å². The van der Waals surface area contributed by atoms with E-state index >= 15 is 0 Å². The van der Waals surface area contributed by atoms with Gasteiger partial charge in [0.2, 0.25) is 5.88 Å². The lowest BCUT2D eigenvalue weighted by Crippen LogP contribution is -2.58. The number of piperazine rings is 1. The monoisotopic (exact) mass is 483 g/mol. The first kappa shape index (κ1) is 23.0. The third-order valence-electron chi connectivity index (χ3n) is 4.01. The first-order valence-corrected chi connectivity index (χ1v) is 9.33. The van der Waals surface area contributed by atoms with E-state index < -0.39 is 41.3 Å².